The fraction of sp³-hybridized carbons (Fsp3) is 0.188. The molecule has 0 bridgehead atoms. The van der Waals surface area contributed by atoms with Gasteiger partial charge in [-0.1, -0.05) is 29.3 Å². The Morgan fingerprint density at radius 3 is 2.50 bits per heavy atom. The molecule has 0 aliphatic heterocycles. The monoisotopic (exact) mass is 384 g/mol. The zero-order chi connectivity index (χ0) is 17.3. The number of benzene rings is 2. The number of sulfonamides is 1. The summed E-state index contributed by atoms with van der Waals surface area (Å²) in [6.45, 7) is 0. The topological polar surface area (TPSA) is 75.3 Å². The molecule has 0 heterocycles. The zero-order valence-corrected chi connectivity index (χ0v) is 14.8. The number of hydrogen-bond donors (Lipinski definition) is 2. The molecule has 0 radical (unpaired) electrons. The van der Waals surface area contributed by atoms with Gasteiger partial charge in [-0.2, -0.15) is 0 Å². The normalized spacial score (nSPS) is 14.4. The SMILES string of the molecule is O=C(Nc1ccc(Cl)cc1Cl)c1cccc(S(=O)(=O)NC2CC2)c1. The molecular weight excluding hydrogens is 371 g/mol. The van der Waals surface area contributed by atoms with Gasteiger partial charge >= 0.3 is 0 Å². The molecule has 3 rings (SSSR count). The number of carbonyl (C=O) groups is 1. The first-order valence-electron chi connectivity index (χ1n) is 7.24. The number of rotatable bonds is 5. The second-order valence-corrected chi connectivity index (χ2v) is 8.06. The number of halogens is 2. The van der Waals surface area contributed by atoms with Crippen LogP contribution < -0.4 is 10.0 Å². The summed E-state index contributed by atoms with van der Waals surface area (Å²) in [5, 5.41) is 3.40. The second kappa shape index (κ2) is 6.72. The van der Waals surface area contributed by atoms with Crippen LogP contribution in [0.2, 0.25) is 10.0 Å². The van der Waals surface area contributed by atoms with Crippen molar-refractivity contribution in [2.45, 2.75) is 23.8 Å². The van der Waals surface area contributed by atoms with E-state index in [0.29, 0.717) is 15.7 Å². The Bertz CT molecular complexity index is 896. The Morgan fingerprint density at radius 1 is 1.08 bits per heavy atom. The highest BCUT2D eigenvalue weighted by Gasteiger charge is 2.28. The molecule has 5 nitrogen and oxygen atoms in total. The summed E-state index contributed by atoms with van der Waals surface area (Å²) < 4.78 is 27.0. The number of anilines is 1. The van der Waals surface area contributed by atoms with Crippen molar-refractivity contribution in [3.05, 3.63) is 58.1 Å². The fourth-order valence-corrected chi connectivity index (χ4v) is 3.88. The van der Waals surface area contributed by atoms with E-state index in [9.17, 15) is 13.2 Å². The van der Waals surface area contributed by atoms with E-state index in [0.717, 1.165) is 12.8 Å². The van der Waals surface area contributed by atoms with Gasteiger partial charge in [-0.25, -0.2) is 13.1 Å². The Hall–Kier alpha value is -1.60. The summed E-state index contributed by atoms with van der Waals surface area (Å²) in [7, 11) is -3.61. The number of carbonyl (C=O) groups excluding carboxylic acids is 1. The Morgan fingerprint density at radius 2 is 1.83 bits per heavy atom. The van der Waals surface area contributed by atoms with Crippen LogP contribution in [0.25, 0.3) is 0 Å². The summed E-state index contributed by atoms with van der Waals surface area (Å²) >= 11 is 11.8. The van der Waals surface area contributed by atoms with Gasteiger partial charge in [0.05, 0.1) is 15.6 Å². The summed E-state index contributed by atoms with van der Waals surface area (Å²) in [4.78, 5) is 12.4. The molecule has 2 aromatic rings. The Balaban J connectivity index is 1.81. The molecule has 126 valence electrons. The lowest BCUT2D eigenvalue weighted by Crippen LogP contribution is -2.26. The number of hydrogen-bond acceptors (Lipinski definition) is 3. The highest BCUT2D eigenvalue weighted by atomic mass is 35.5. The highest BCUT2D eigenvalue weighted by molar-refractivity contribution is 7.89. The van der Waals surface area contributed by atoms with Crippen molar-refractivity contribution in [2.75, 3.05) is 5.32 Å². The smallest absolute Gasteiger partial charge is 0.255 e. The third-order valence-electron chi connectivity index (χ3n) is 3.49. The molecule has 1 fully saturated rings. The molecule has 0 unspecified atom stereocenters. The lowest BCUT2D eigenvalue weighted by atomic mass is 10.2. The van der Waals surface area contributed by atoms with E-state index >= 15 is 0 Å². The van der Waals surface area contributed by atoms with Gasteiger partial charge in [0.2, 0.25) is 10.0 Å². The van der Waals surface area contributed by atoms with Crippen LogP contribution >= 0.6 is 23.2 Å². The van der Waals surface area contributed by atoms with Crippen LogP contribution in [-0.4, -0.2) is 20.4 Å². The van der Waals surface area contributed by atoms with E-state index in [1.54, 1.807) is 12.1 Å². The van der Waals surface area contributed by atoms with Crippen LogP contribution in [0.15, 0.2) is 47.4 Å². The van der Waals surface area contributed by atoms with Crippen molar-refractivity contribution in [3.8, 4) is 0 Å². The first-order valence-corrected chi connectivity index (χ1v) is 9.48. The molecule has 24 heavy (non-hydrogen) atoms. The number of nitrogens with one attached hydrogen (secondary N) is 2. The predicted molar refractivity (Wildman–Crippen MR) is 94.2 cm³/mol. The van der Waals surface area contributed by atoms with Crippen molar-refractivity contribution < 1.29 is 13.2 Å². The van der Waals surface area contributed by atoms with Crippen molar-refractivity contribution >= 4 is 44.8 Å². The molecular formula is C16H14Cl2N2O3S. The van der Waals surface area contributed by atoms with E-state index < -0.39 is 15.9 Å². The maximum atomic E-state index is 12.3. The van der Waals surface area contributed by atoms with E-state index in [1.165, 1.54) is 30.3 Å². The van der Waals surface area contributed by atoms with Gasteiger partial charge < -0.3 is 5.32 Å². The minimum Gasteiger partial charge on any atom is -0.321 e. The van der Waals surface area contributed by atoms with Crippen molar-refractivity contribution in [1.29, 1.82) is 0 Å². The van der Waals surface area contributed by atoms with Crippen LogP contribution in [-0.2, 0) is 10.0 Å². The molecule has 1 aliphatic carbocycles. The van der Waals surface area contributed by atoms with Gasteiger partial charge in [0.25, 0.3) is 5.91 Å². The van der Waals surface area contributed by atoms with Gasteiger partial charge in [0, 0.05) is 16.6 Å². The average molecular weight is 385 g/mol. The minimum absolute atomic E-state index is 0.000330. The van der Waals surface area contributed by atoms with E-state index in [1.807, 2.05) is 0 Å². The van der Waals surface area contributed by atoms with Crippen LogP contribution in [0.4, 0.5) is 5.69 Å². The van der Waals surface area contributed by atoms with Crippen molar-refractivity contribution in [3.63, 3.8) is 0 Å². The van der Waals surface area contributed by atoms with Crippen LogP contribution in [0.5, 0.6) is 0 Å². The predicted octanol–water partition coefficient (Wildman–Crippen LogP) is 3.69. The summed E-state index contributed by atoms with van der Waals surface area (Å²) in [6, 6.07) is 10.6. The van der Waals surface area contributed by atoms with Gasteiger partial charge in [-0.3, -0.25) is 4.79 Å². The third kappa shape index (κ3) is 4.08. The standard InChI is InChI=1S/C16H14Cl2N2O3S/c17-11-4-7-15(14(18)9-11)19-16(21)10-2-1-3-13(8-10)24(22,23)20-12-5-6-12/h1-4,7-9,12,20H,5-6H2,(H,19,21). The van der Waals surface area contributed by atoms with Crippen molar-refractivity contribution in [2.24, 2.45) is 0 Å². The average Bonchev–Trinajstić information content (AvgIpc) is 3.33. The van der Waals surface area contributed by atoms with Crippen LogP contribution in [0, 0.1) is 0 Å². The van der Waals surface area contributed by atoms with E-state index in [-0.39, 0.29) is 16.5 Å². The molecule has 0 atom stereocenters. The number of amides is 1. The molecule has 8 heteroatoms. The molecule has 1 saturated carbocycles. The molecule has 2 N–H and O–H groups in total. The summed E-state index contributed by atoms with van der Waals surface area (Å²) in [5.41, 5.74) is 0.620. The maximum absolute atomic E-state index is 12.3. The molecule has 1 amide bonds. The van der Waals surface area contributed by atoms with E-state index in [2.05, 4.69) is 10.0 Å². The largest absolute Gasteiger partial charge is 0.321 e. The van der Waals surface area contributed by atoms with Gasteiger partial charge in [0.15, 0.2) is 0 Å². The quantitative estimate of drug-likeness (QED) is 0.825. The van der Waals surface area contributed by atoms with Crippen LogP contribution in [0.3, 0.4) is 0 Å². The molecule has 1 aliphatic rings. The third-order valence-corrected chi connectivity index (χ3v) is 5.55. The molecule has 0 saturated heterocycles. The summed E-state index contributed by atoms with van der Waals surface area (Å²) in [6.07, 6.45) is 1.68. The maximum Gasteiger partial charge on any atom is 0.255 e. The highest BCUT2D eigenvalue weighted by Crippen LogP contribution is 2.26. The minimum atomic E-state index is -3.61. The summed E-state index contributed by atoms with van der Waals surface area (Å²) in [5.74, 6) is -0.456. The Labute approximate surface area is 150 Å². The molecule has 2 aromatic carbocycles. The first kappa shape index (κ1) is 17.2. The lowest BCUT2D eigenvalue weighted by molar-refractivity contribution is 0.102. The van der Waals surface area contributed by atoms with Crippen LogP contribution in [0.1, 0.15) is 23.2 Å². The Kier molecular flexibility index (Phi) is 4.83. The van der Waals surface area contributed by atoms with Gasteiger partial charge in [-0.15, -0.1) is 0 Å². The van der Waals surface area contributed by atoms with Gasteiger partial charge in [-0.05, 0) is 49.2 Å². The molecule has 0 aromatic heterocycles. The fourth-order valence-electron chi connectivity index (χ4n) is 2.08. The van der Waals surface area contributed by atoms with Gasteiger partial charge in [0.1, 0.15) is 0 Å². The molecule has 0 spiro atoms. The lowest BCUT2D eigenvalue weighted by Gasteiger charge is -2.09. The second-order valence-electron chi connectivity index (χ2n) is 5.50. The van der Waals surface area contributed by atoms with E-state index in [4.69, 9.17) is 23.2 Å². The first-order chi connectivity index (χ1) is 11.3. The van der Waals surface area contributed by atoms with Crippen molar-refractivity contribution in [1.82, 2.24) is 4.72 Å². The zero-order valence-electron chi connectivity index (χ0n) is 12.4.